The van der Waals surface area contributed by atoms with Crippen molar-refractivity contribution in [2.75, 3.05) is 0 Å². The molecule has 1 atom stereocenters. The summed E-state index contributed by atoms with van der Waals surface area (Å²) in [5, 5.41) is 3.32. The molecule has 0 radical (unpaired) electrons. The molecule has 0 bridgehead atoms. The SMILES string of the molecule is O=C(Cc1ccccn1)C1Cc2ccccc2CN1. The Bertz CT molecular complexity index is 580. The number of ketones is 1. The summed E-state index contributed by atoms with van der Waals surface area (Å²) in [7, 11) is 0. The Morgan fingerprint density at radius 2 is 1.95 bits per heavy atom. The predicted octanol–water partition coefficient (Wildman–Crippen LogP) is 1.91. The van der Waals surface area contributed by atoms with E-state index in [0.717, 1.165) is 18.7 Å². The monoisotopic (exact) mass is 252 g/mol. The van der Waals surface area contributed by atoms with Gasteiger partial charge in [0.2, 0.25) is 0 Å². The number of aromatic nitrogens is 1. The normalized spacial score (nSPS) is 17.8. The Morgan fingerprint density at radius 3 is 2.74 bits per heavy atom. The summed E-state index contributed by atoms with van der Waals surface area (Å²) in [4.78, 5) is 16.5. The molecule has 2 heterocycles. The second-order valence-electron chi connectivity index (χ2n) is 4.87. The molecule has 0 spiro atoms. The summed E-state index contributed by atoms with van der Waals surface area (Å²) < 4.78 is 0. The van der Waals surface area contributed by atoms with Crippen molar-refractivity contribution in [1.82, 2.24) is 10.3 Å². The molecule has 1 aromatic heterocycles. The standard InChI is InChI=1S/C16H16N2O/c19-16(10-14-7-3-4-8-17-14)15-9-12-5-1-2-6-13(12)11-18-15/h1-8,15,18H,9-11H2. The molecule has 1 aliphatic heterocycles. The van der Waals surface area contributed by atoms with E-state index in [4.69, 9.17) is 0 Å². The number of nitrogens with zero attached hydrogens (tertiary/aromatic N) is 1. The van der Waals surface area contributed by atoms with Crippen LogP contribution < -0.4 is 5.32 Å². The van der Waals surface area contributed by atoms with Gasteiger partial charge in [-0.3, -0.25) is 9.78 Å². The number of carbonyl (C=O) groups is 1. The van der Waals surface area contributed by atoms with Gasteiger partial charge in [-0.15, -0.1) is 0 Å². The van der Waals surface area contributed by atoms with Gasteiger partial charge in [0.15, 0.2) is 5.78 Å². The minimum atomic E-state index is -0.0862. The predicted molar refractivity (Wildman–Crippen MR) is 73.7 cm³/mol. The minimum absolute atomic E-state index is 0.0862. The molecule has 0 saturated carbocycles. The first-order valence-corrected chi connectivity index (χ1v) is 6.56. The van der Waals surface area contributed by atoms with Crippen LogP contribution >= 0.6 is 0 Å². The quantitative estimate of drug-likeness (QED) is 0.907. The van der Waals surface area contributed by atoms with Gasteiger partial charge in [0.05, 0.1) is 12.5 Å². The maximum atomic E-state index is 12.3. The molecular formula is C16H16N2O. The number of Topliss-reactive ketones (excluding diaryl/α,β-unsaturated/α-hetero) is 1. The zero-order valence-electron chi connectivity index (χ0n) is 10.7. The maximum Gasteiger partial charge on any atom is 0.156 e. The molecule has 1 aromatic carbocycles. The lowest BCUT2D eigenvalue weighted by Gasteiger charge is -2.25. The largest absolute Gasteiger partial charge is 0.303 e. The molecule has 3 heteroatoms. The van der Waals surface area contributed by atoms with Crippen LogP contribution in [0.3, 0.4) is 0 Å². The topological polar surface area (TPSA) is 42.0 Å². The van der Waals surface area contributed by atoms with Crippen molar-refractivity contribution in [3.63, 3.8) is 0 Å². The highest BCUT2D eigenvalue weighted by Gasteiger charge is 2.23. The molecule has 0 fully saturated rings. The van der Waals surface area contributed by atoms with E-state index in [9.17, 15) is 4.79 Å². The number of pyridine rings is 1. The first-order chi connectivity index (χ1) is 9.33. The van der Waals surface area contributed by atoms with Gasteiger partial charge >= 0.3 is 0 Å². The summed E-state index contributed by atoms with van der Waals surface area (Å²) in [6.45, 7) is 0.773. The second-order valence-corrected chi connectivity index (χ2v) is 4.87. The van der Waals surface area contributed by atoms with Gasteiger partial charge < -0.3 is 5.32 Å². The van der Waals surface area contributed by atoms with Crippen LogP contribution in [0.25, 0.3) is 0 Å². The van der Waals surface area contributed by atoms with Crippen molar-refractivity contribution >= 4 is 5.78 Å². The molecule has 1 unspecified atom stereocenters. The van der Waals surface area contributed by atoms with Crippen molar-refractivity contribution < 1.29 is 4.79 Å². The van der Waals surface area contributed by atoms with Crippen molar-refractivity contribution in [2.24, 2.45) is 0 Å². The van der Waals surface area contributed by atoms with Gasteiger partial charge in [-0.05, 0) is 29.7 Å². The molecule has 19 heavy (non-hydrogen) atoms. The number of hydrogen-bond acceptors (Lipinski definition) is 3. The summed E-state index contributed by atoms with van der Waals surface area (Å²) in [5.41, 5.74) is 3.41. The molecule has 1 aliphatic rings. The van der Waals surface area contributed by atoms with Crippen LogP contribution in [0.2, 0.25) is 0 Å². The van der Waals surface area contributed by atoms with Crippen molar-refractivity contribution in [3.8, 4) is 0 Å². The molecule has 3 rings (SSSR count). The summed E-state index contributed by atoms with van der Waals surface area (Å²) in [5.74, 6) is 0.216. The Morgan fingerprint density at radius 1 is 1.16 bits per heavy atom. The molecule has 0 saturated heterocycles. The van der Waals surface area contributed by atoms with Crippen molar-refractivity contribution in [3.05, 3.63) is 65.5 Å². The Labute approximate surface area is 112 Å². The fourth-order valence-corrected chi connectivity index (χ4v) is 2.49. The highest BCUT2D eigenvalue weighted by Crippen LogP contribution is 2.17. The molecule has 3 nitrogen and oxygen atoms in total. The zero-order chi connectivity index (χ0) is 13.1. The fraction of sp³-hybridized carbons (Fsp3) is 0.250. The number of fused-ring (bicyclic) bond motifs is 1. The number of hydrogen-bond donors (Lipinski definition) is 1. The van der Waals surface area contributed by atoms with Gasteiger partial charge in [0, 0.05) is 18.4 Å². The maximum absolute atomic E-state index is 12.3. The molecule has 0 aliphatic carbocycles. The van der Waals surface area contributed by atoms with E-state index in [1.807, 2.05) is 30.3 Å². The smallest absolute Gasteiger partial charge is 0.156 e. The average Bonchev–Trinajstić information content (AvgIpc) is 2.48. The van der Waals surface area contributed by atoms with Crippen LogP contribution in [0.4, 0.5) is 0 Å². The lowest BCUT2D eigenvalue weighted by molar-refractivity contribution is -0.120. The van der Waals surface area contributed by atoms with E-state index in [1.54, 1.807) is 6.20 Å². The number of benzene rings is 1. The summed E-state index contributed by atoms with van der Waals surface area (Å²) in [6.07, 6.45) is 2.91. The van der Waals surface area contributed by atoms with Crippen molar-refractivity contribution in [1.29, 1.82) is 0 Å². The molecule has 0 amide bonds. The van der Waals surface area contributed by atoms with E-state index in [1.165, 1.54) is 11.1 Å². The summed E-state index contributed by atoms with van der Waals surface area (Å²) in [6, 6.07) is 13.9. The molecule has 96 valence electrons. The number of rotatable bonds is 3. The second kappa shape index (κ2) is 5.33. The van der Waals surface area contributed by atoms with Gasteiger partial charge in [-0.1, -0.05) is 30.3 Å². The fourth-order valence-electron chi connectivity index (χ4n) is 2.49. The van der Waals surface area contributed by atoms with Gasteiger partial charge in [0.1, 0.15) is 0 Å². The van der Waals surface area contributed by atoms with Gasteiger partial charge in [-0.2, -0.15) is 0 Å². The lowest BCUT2D eigenvalue weighted by atomic mass is 9.92. The van der Waals surface area contributed by atoms with E-state index >= 15 is 0 Å². The third kappa shape index (κ3) is 2.71. The van der Waals surface area contributed by atoms with Crippen LogP contribution in [-0.4, -0.2) is 16.8 Å². The Kier molecular flexibility index (Phi) is 3.38. The lowest BCUT2D eigenvalue weighted by Crippen LogP contribution is -2.42. The Hall–Kier alpha value is -2.00. The van der Waals surface area contributed by atoms with Gasteiger partial charge in [-0.25, -0.2) is 0 Å². The average molecular weight is 252 g/mol. The van der Waals surface area contributed by atoms with Crippen LogP contribution in [-0.2, 0) is 24.2 Å². The molecule has 1 N–H and O–H groups in total. The van der Waals surface area contributed by atoms with Crippen LogP contribution in [0.5, 0.6) is 0 Å². The van der Waals surface area contributed by atoms with Crippen molar-refractivity contribution in [2.45, 2.75) is 25.4 Å². The highest BCUT2D eigenvalue weighted by molar-refractivity contribution is 5.86. The third-order valence-electron chi connectivity index (χ3n) is 3.55. The number of carbonyl (C=O) groups excluding carboxylic acids is 1. The minimum Gasteiger partial charge on any atom is -0.303 e. The highest BCUT2D eigenvalue weighted by atomic mass is 16.1. The molecule has 2 aromatic rings. The number of nitrogens with one attached hydrogen (secondary N) is 1. The summed E-state index contributed by atoms with van der Waals surface area (Å²) >= 11 is 0. The molecular weight excluding hydrogens is 236 g/mol. The van der Waals surface area contributed by atoms with E-state index < -0.39 is 0 Å². The van der Waals surface area contributed by atoms with Crippen LogP contribution in [0.15, 0.2) is 48.7 Å². The first kappa shape index (κ1) is 12.1. The zero-order valence-corrected chi connectivity index (χ0v) is 10.7. The van der Waals surface area contributed by atoms with E-state index in [2.05, 4.69) is 22.4 Å². The van der Waals surface area contributed by atoms with Crippen LogP contribution in [0.1, 0.15) is 16.8 Å². The van der Waals surface area contributed by atoms with Crippen LogP contribution in [0, 0.1) is 0 Å². The first-order valence-electron chi connectivity index (χ1n) is 6.56. The third-order valence-corrected chi connectivity index (χ3v) is 3.55. The van der Waals surface area contributed by atoms with E-state index in [-0.39, 0.29) is 11.8 Å². The van der Waals surface area contributed by atoms with Gasteiger partial charge in [0.25, 0.3) is 0 Å². The van der Waals surface area contributed by atoms with E-state index in [0.29, 0.717) is 6.42 Å². The Balaban J connectivity index is 1.70.